The van der Waals surface area contributed by atoms with Crippen molar-refractivity contribution >= 4 is 0 Å². The van der Waals surface area contributed by atoms with Gasteiger partial charge in [0.25, 0.3) is 0 Å². The van der Waals surface area contributed by atoms with Crippen LogP contribution < -0.4 is 20.9 Å². The van der Waals surface area contributed by atoms with Gasteiger partial charge in [-0.15, -0.1) is 0 Å². The van der Waals surface area contributed by atoms with E-state index in [9.17, 15) is 0 Å². The van der Waals surface area contributed by atoms with E-state index < -0.39 is 0 Å². The van der Waals surface area contributed by atoms with Gasteiger partial charge in [-0.3, -0.25) is 5.43 Å². The van der Waals surface area contributed by atoms with E-state index in [1.165, 1.54) is 5.56 Å². The molecular weight excluding hydrogens is 250 g/mol. The summed E-state index contributed by atoms with van der Waals surface area (Å²) in [5.74, 6) is 1.48. The van der Waals surface area contributed by atoms with Crippen LogP contribution in [0.2, 0.25) is 0 Å². The summed E-state index contributed by atoms with van der Waals surface area (Å²) < 4.78 is 5.79. The summed E-state index contributed by atoms with van der Waals surface area (Å²) in [4.78, 5) is 0. The van der Waals surface area contributed by atoms with E-state index in [0.717, 1.165) is 18.8 Å². The normalized spacial score (nSPS) is 26.1. The number of hydrogen-bond donors (Lipinski definition) is 3. The molecule has 1 saturated heterocycles. The van der Waals surface area contributed by atoms with Gasteiger partial charge in [0, 0.05) is 18.5 Å². The van der Waals surface area contributed by atoms with Gasteiger partial charge in [-0.05, 0) is 45.0 Å². The zero-order chi connectivity index (χ0) is 14.5. The van der Waals surface area contributed by atoms with Crippen LogP contribution in [-0.2, 0) is 0 Å². The van der Waals surface area contributed by atoms with Crippen molar-refractivity contribution in [3.8, 4) is 5.75 Å². The molecule has 1 fully saturated rings. The molecule has 0 saturated carbocycles. The third kappa shape index (κ3) is 3.72. The fourth-order valence-corrected chi connectivity index (χ4v) is 2.71. The fourth-order valence-electron chi connectivity index (χ4n) is 2.71. The van der Waals surface area contributed by atoms with Gasteiger partial charge in [-0.2, -0.15) is 0 Å². The monoisotopic (exact) mass is 277 g/mol. The van der Waals surface area contributed by atoms with Crippen LogP contribution in [0.4, 0.5) is 0 Å². The van der Waals surface area contributed by atoms with E-state index in [0.29, 0.717) is 18.0 Å². The first kappa shape index (κ1) is 15.3. The lowest BCUT2D eigenvalue weighted by Crippen LogP contribution is -2.32. The number of benzene rings is 1. The average molecular weight is 277 g/mol. The molecule has 1 aromatic carbocycles. The highest BCUT2D eigenvalue weighted by Gasteiger charge is 2.33. The molecule has 0 bridgehead atoms. The Morgan fingerprint density at radius 1 is 1.30 bits per heavy atom. The Hall–Kier alpha value is -1.10. The van der Waals surface area contributed by atoms with Crippen LogP contribution in [0.25, 0.3) is 0 Å². The summed E-state index contributed by atoms with van der Waals surface area (Å²) in [7, 11) is 0. The molecular formula is C16H27N3O. The van der Waals surface area contributed by atoms with Crippen LogP contribution in [0, 0.1) is 5.92 Å². The molecule has 0 aromatic heterocycles. The fraction of sp³-hybridized carbons (Fsp3) is 0.625. The molecule has 2 rings (SSSR count). The van der Waals surface area contributed by atoms with Gasteiger partial charge in [0.2, 0.25) is 0 Å². The molecule has 1 aromatic rings. The van der Waals surface area contributed by atoms with Crippen LogP contribution in [0.15, 0.2) is 24.3 Å². The third-order valence-electron chi connectivity index (χ3n) is 3.76. The lowest BCUT2D eigenvalue weighted by atomic mass is 9.90. The molecule has 1 aliphatic rings. The van der Waals surface area contributed by atoms with E-state index in [1.54, 1.807) is 0 Å². The predicted molar refractivity (Wildman–Crippen MR) is 82.7 cm³/mol. The van der Waals surface area contributed by atoms with Crippen molar-refractivity contribution in [3.63, 3.8) is 0 Å². The minimum Gasteiger partial charge on any atom is -0.491 e. The van der Waals surface area contributed by atoms with Crippen molar-refractivity contribution in [2.45, 2.75) is 45.9 Å². The van der Waals surface area contributed by atoms with Crippen LogP contribution in [0.5, 0.6) is 5.75 Å². The Kier molecular flexibility index (Phi) is 5.40. The standard InChI is InChI=1S/C16H27N3O/c1-5-17-10-15-12(4)18-19-16(15)13-7-6-8-14(9-13)20-11(2)3/h6-9,11-12,15-19H,5,10H2,1-4H3. The van der Waals surface area contributed by atoms with Crippen LogP contribution in [0.1, 0.15) is 39.3 Å². The Labute approximate surface area is 122 Å². The van der Waals surface area contributed by atoms with E-state index in [-0.39, 0.29) is 6.10 Å². The van der Waals surface area contributed by atoms with Crippen LogP contribution in [-0.4, -0.2) is 25.2 Å². The molecule has 3 N–H and O–H groups in total. The molecule has 3 unspecified atom stereocenters. The van der Waals surface area contributed by atoms with Gasteiger partial charge >= 0.3 is 0 Å². The summed E-state index contributed by atoms with van der Waals surface area (Å²) in [5.41, 5.74) is 8.05. The summed E-state index contributed by atoms with van der Waals surface area (Å²) in [6, 6.07) is 9.18. The summed E-state index contributed by atoms with van der Waals surface area (Å²) in [5, 5.41) is 3.46. The highest BCUT2D eigenvalue weighted by Crippen LogP contribution is 2.30. The Balaban J connectivity index is 2.12. The highest BCUT2D eigenvalue weighted by molar-refractivity contribution is 5.32. The molecule has 1 heterocycles. The van der Waals surface area contributed by atoms with E-state index in [4.69, 9.17) is 4.74 Å². The smallest absolute Gasteiger partial charge is 0.120 e. The molecule has 3 atom stereocenters. The number of hydrogen-bond acceptors (Lipinski definition) is 4. The molecule has 4 nitrogen and oxygen atoms in total. The number of ether oxygens (including phenoxy) is 1. The largest absolute Gasteiger partial charge is 0.491 e. The molecule has 0 amide bonds. The molecule has 4 heteroatoms. The van der Waals surface area contributed by atoms with E-state index >= 15 is 0 Å². The number of rotatable bonds is 6. The van der Waals surface area contributed by atoms with Crippen molar-refractivity contribution in [1.82, 2.24) is 16.2 Å². The molecule has 20 heavy (non-hydrogen) atoms. The highest BCUT2D eigenvalue weighted by atomic mass is 16.5. The number of nitrogens with one attached hydrogen (secondary N) is 3. The second-order valence-electron chi connectivity index (χ2n) is 5.77. The zero-order valence-corrected chi connectivity index (χ0v) is 12.9. The van der Waals surface area contributed by atoms with Gasteiger partial charge in [0.1, 0.15) is 5.75 Å². The first-order valence-corrected chi connectivity index (χ1v) is 7.60. The maximum atomic E-state index is 5.79. The topological polar surface area (TPSA) is 45.3 Å². The molecule has 0 radical (unpaired) electrons. The number of hydrazine groups is 1. The van der Waals surface area contributed by atoms with Crippen molar-refractivity contribution in [2.75, 3.05) is 13.1 Å². The predicted octanol–water partition coefficient (Wildman–Crippen LogP) is 2.24. The first-order valence-electron chi connectivity index (χ1n) is 7.60. The second kappa shape index (κ2) is 7.07. The molecule has 112 valence electrons. The lowest BCUT2D eigenvalue weighted by molar-refractivity contribution is 0.242. The summed E-state index contributed by atoms with van der Waals surface area (Å²) >= 11 is 0. The van der Waals surface area contributed by atoms with Crippen molar-refractivity contribution in [1.29, 1.82) is 0 Å². The van der Waals surface area contributed by atoms with E-state index in [1.807, 2.05) is 6.07 Å². The Morgan fingerprint density at radius 3 is 2.80 bits per heavy atom. The molecule has 0 aliphatic carbocycles. The van der Waals surface area contributed by atoms with Gasteiger partial charge in [-0.25, -0.2) is 5.43 Å². The van der Waals surface area contributed by atoms with Gasteiger partial charge in [0.15, 0.2) is 0 Å². The Bertz CT molecular complexity index is 422. The van der Waals surface area contributed by atoms with Crippen LogP contribution >= 0.6 is 0 Å². The van der Waals surface area contributed by atoms with Gasteiger partial charge in [0.05, 0.1) is 12.1 Å². The van der Waals surface area contributed by atoms with Crippen molar-refractivity contribution in [2.24, 2.45) is 5.92 Å². The summed E-state index contributed by atoms with van der Waals surface area (Å²) in [6.45, 7) is 10.5. The third-order valence-corrected chi connectivity index (χ3v) is 3.76. The lowest BCUT2D eigenvalue weighted by Gasteiger charge is -2.22. The summed E-state index contributed by atoms with van der Waals surface area (Å²) in [6.07, 6.45) is 0.205. The first-order chi connectivity index (χ1) is 9.61. The SMILES string of the molecule is CCNCC1C(C)NNC1c1cccc(OC(C)C)c1. The second-order valence-corrected chi connectivity index (χ2v) is 5.77. The van der Waals surface area contributed by atoms with Crippen molar-refractivity contribution in [3.05, 3.63) is 29.8 Å². The maximum absolute atomic E-state index is 5.79. The molecule has 0 spiro atoms. The zero-order valence-electron chi connectivity index (χ0n) is 12.9. The van der Waals surface area contributed by atoms with E-state index in [2.05, 4.69) is 62.1 Å². The Morgan fingerprint density at radius 2 is 2.10 bits per heavy atom. The minimum atomic E-state index is 0.205. The minimum absolute atomic E-state index is 0.205. The van der Waals surface area contributed by atoms with Crippen molar-refractivity contribution < 1.29 is 4.74 Å². The van der Waals surface area contributed by atoms with Gasteiger partial charge in [-0.1, -0.05) is 19.1 Å². The van der Waals surface area contributed by atoms with Gasteiger partial charge < -0.3 is 10.1 Å². The van der Waals surface area contributed by atoms with Crippen LogP contribution in [0.3, 0.4) is 0 Å². The maximum Gasteiger partial charge on any atom is 0.120 e. The quantitative estimate of drug-likeness (QED) is 0.746. The molecule has 1 aliphatic heterocycles. The average Bonchev–Trinajstić information content (AvgIpc) is 2.77.